The number of hydrogen-bond acceptors (Lipinski definition) is 6. The molecule has 1 aromatic rings. The number of halogens is 1. The number of rotatable bonds is 5. The van der Waals surface area contributed by atoms with Gasteiger partial charge in [-0.3, -0.25) is 9.80 Å². The van der Waals surface area contributed by atoms with Crippen LogP contribution in [-0.4, -0.2) is 60.2 Å². The fraction of sp³-hybridized carbons (Fsp3) is 0.833. The third-order valence-corrected chi connectivity index (χ3v) is 3.30. The highest BCUT2D eigenvalue weighted by molar-refractivity contribution is 5.85. The van der Waals surface area contributed by atoms with E-state index in [1.807, 2.05) is 0 Å². The lowest BCUT2D eigenvalue weighted by Gasteiger charge is -2.30. The summed E-state index contributed by atoms with van der Waals surface area (Å²) >= 11 is 0. The largest absolute Gasteiger partial charge is 0.338 e. The molecule has 6 nitrogen and oxygen atoms in total. The summed E-state index contributed by atoms with van der Waals surface area (Å²) in [6, 6.07) is 0.229. The minimum atomic E-state index is 0. The molecule has 19 heavy (non-hydrogen) atoms. The van der Waals surface area contributed by atoms with Crippen molar-refractivity contribution in [1.29, 1.82) is 0 Å². The predicted molar refractivity (Wildman–Crippen MR) is 76.4 cm³/mol. The second-order valence-corrected chi connectivity index (χ2v) is 4.98. The maximum absolute atomic E-state index is 5.33. The van der Waals surface area contributed by atoms with Gasteiger partial charge in [-0.1, -0.05) is 12.1 Å². The van der Waals surface area contributed by atoms with Crippen molar-refractivity contribution in [2.45, 2.75) is 25.9 Å². The molecular formula is C12H24ClN5O. The summed E-state index contributed by atoms with van der Waals surface area (Å²) < 4.78 is 5.33. The zero-order valence-corrected chi connectivity index (χ0v) is 12.7. The molecule has 110 valence electrons. The molecule has 0 amide bonds. The molecule has 0 bridgehead atoms. The van der Waals surface area contributed by atoms with Crippen LogP contribution in [0.1, 0.15) is 31.1 Å². The first-order valence-corrected chi connectivity index (χ1v) is 6.62. The van der Waals surface area contributed by atoms with Crippen LogP contribution in [0.25, 0.3) is 0 Å². The number of aromatic nitrogens is 2. The molecule has 0 aromatic carbocycles. The maximum Gasteiger partial charge on any atom is 0.240 e. The minimum Gasteiger partial charge on any atom is -0.338 e. The van der Waals surface area contributed by atoms with E-state index in [0.717, 1.165) is 45.0 Å². The highest BCUT2D eigenvalue weighted by Gasteiger charge is 2.25. The maximum atomic E-state index is 5.33. The van der Waals surface area contributed by atoms with E-state index in [1.54, 1.807) is 0 Å². The van der Waals surface area contributed by atoms with Gasteiger partial charge in [0, 0.05) is 19.6 Å². The van der Waals surface area contributed by atoms with E-state index in [4.69, 9.17) is 4.52 Å². The molecule has 0 saturated carbocycles. The first kappa shape index (κ1) is 16.4. The van der Waals surface area contributed by atoms with Crippen LogP contribution in [0.15, 0.2) is 4.52 Å². The number of likely N-dealkylation sites (N-methyl/N-ethyl adjacent to an activating group) is 1. The summed E-state index contributed by atoms with van der Waals surface area (Å²) in [7, 11) is 4.17. The number of nitrogens with zero attached hydrogens (tertiary/aromatic N) is 4. The van der Waals surface area contributed by atoms with Crippen molar-refractivity contribution in [3.05, 3.63) is 11.7 Å². The average molecular weight is 290 g/mol. The molecule has 0 radical (unpaired) electrons. The molecule has 1 unspecified atom stereocenters. The van der Waals surface area contributed by atoms with E-state index in [2.05, 4.69) is 46.3 Å². The standard InChI is InChI=1S/C12H23N5O.ClH/c1-4-6-16(2)9-11-14-12(15-18-11)10-8-13-5-7-17(10)3;/h10,13H,4-9H2,1-3H3;1H. The monoisotopic (exact) mass is 289 g/mol. The topological polar surface area (TPSA) is 57.4 Å². The Kier molecular flexibility index (Phi) is 6.71. The molecule has 7 heteroatoms. The molecule has 0 spiro atoms. The van der Waals surface area contributed by atoms with Crippen LogP contribution >= 0.6 is 12.4 Å². The molecule has 1 aromatic heterocycles. The summed E-state index contributed by atoms with van der Waals surface area (Å²) in [5, 5.41) is 7.47. The quantitative estimate of drug-likeness (QED) is 0.869. The van der Waals surface area contributed by atoms with Gasteiger partial charge in [-0.25, -0.2) is 0 Å². The molecular weight excluding hydrogens is 266 g/mol. The Bertz CT molecular complexity index is 373. The summed E-state index contributed by atoms with van der Waals surface area (Å²) in [5.74, 6) is 1.50. The highest BCUT2D eigenvalue weighted by Crippen LogP contribution is 2.17. The van der Waals surface area contributed by atoms with Gasteiger partial charge in [-0.15, -0.1) is 12.4 Å². The zero-order valence-electron chi connectivity index (χ0n) is 11.9. The lowest BCUT2D eigenvalue weighted by molar-refractivity contribution is 0.190. The van der Waals surface area contributed by atoms with Crippen LogP contribution < -0.4 is 5.32 Å². The van der Waals surface area contributed by atoms with E-state index in [-0.39, 0.29) is 18.4 Å². The van der Waals surface area contributed by atoms with Crippen molar-refractivity contribution in [2.75, 3.05) is 40.3 Å². The van der Waals surface area contributed by atoms with Gasteiger partial charge < -0.3 is 9.84 Å². The van der Waals surface area contributed by atoms with E-state index in [1.165, 1.54) is 0 Å². The van der Waals surface area contributed by atoms with E-state index in [0.29, 0.717) is 5.89 Å². The van der Waals surface area contributed by atoms with E-state index >= 15 is 0 Å². The third kappa shape index (κ3) is 4.42. The van der Waals surface area contributed by atoms with E-state index < -0.39 is 0 Å². The van der Waals surface area contributed by atoms with Gasteiger partial charge in [-0.2, -0.15) is 4.98 Å². The molecule has 2 rings (SSSR count). The molecule has 1 fully saturated rings. The minimum absolute atomic E-state index is 0. The molecule has 1 aliphatic rings. The van der Waals surface area contributed by atoms with Crippen LogP contribution in [0, 0.1) is 0 Å². The lowest BCUT2D eigenvalue weighted by atomic mass is 10.2. The van der Waals surface area contributed by atoms with Crippen molar-refractivity contribution in [1.82, 2.24) is 25.3 Å². The van der Waals surface area contributed by atoms with Crippen LogP contribution in [0.4, 0.5) is 0 Å². The van der Waals surface area contributed by atoms with Gasteiger partial charge in [0.1, 0.15) is 0 Å². The Labute approximate surface area is 120 Å². The summed E-state index contributed by atoms with van der Waals surface area (Å²) in [6.45, 7) is 6.87. The fourth-order valence-corrected chi connectivity index (χ4v) is 2.25. The second kappa shape index (κ2) is 7.79. The van der Waals surface area contributed by atoms with Crippen LogP contribution in [0.2, 0.25) is 0 Å². The SMILES string of the molecule is CCCN(C)Cc1nc(C2CNCCN2C)no1.Cl. The molecule has 1 saturated heterocycles. The van der Waals surface area contributed by atoms with Gasteiger partial charge in [0.2, 0.25) is 5.89 Å². The predicted octanol–water partition coefficient (Wildman–Crippen LogP) is 0.909. The Hall–Kier alpha value is -0.690. The van der Waals surface area contributed by atoms with Gasteiger partial charge in [-0.05, 0) is 27.1 Å². The summed E-state index contributed by atoms with van der Waals surface area (Å²) in [4.78, 5) is 8.96. The van der Waals surface area contributed by atoms with Crippen molar-refractivity contribution < 1.29 is 4.52 Å². The van der Waals surface area contributed by atoms with Crippen molar-refractivity contribution in [3.8, 4) is 0 Å². The van der Waals surface area contributed by atoms with Crippen molar-refractivity contribution in [2.24, 2.45) is 0 Å². The second-order valence-electron chi connectivity index (χ2n) is 4.98. The smallest absolute Gasteiger partial charge is 0.240 e. The molecule has 0 aliphatic carbocycles. The molecule has 2 heterocycles. The van der Waals surface area contributed by atoms with Crippen LogP contribution in [0.3, 0.4) is 0 Å². The summed E-state index contributed by atoms with van der Waals surface area (Å²) in [5.41, 5.74) is 0. The number of nitrogens with one attached hydrogen (secondary N) is 1. The molecule has 1 atom stereocenters. The Balaban J connectivity index is 0.00000180. The lowest BCUT2D eigenvalue weighted by Crippen LogP contribution is -2.44. The van der Waals surface area contributed by atoms with Gasteiger partial charge in [0.25, 0.3) is 0 Å². The Morgan fingerprint density at radius 3 is 3.00 bits per heavy atom. The summed E-state index contributed by atoms with van der Waals surface area (Å²) in [6.07, 6.45) is 1.13. The van der Waals surface area contributed by atoms with Gasteiger partial charge in [0.05, 0.1) is 12.6 Å². The average Bonchev–Trinajstić information content (AvgIpc) is 2.78. The van der Waals surface area contributed by atoms with Gasteiger partial charge in [0.15, 0.2) is 5.82 Å². The first-order chi connectivity index (χ1) is 8.70. The molecule has 1 aliphatic heterocycles. The fourth-order valence-electron chi connectivity index (χ4n) is 2.25. The van der Waals surface area contributed by atoms with E-state index in [9.17, 15) is 0 Å². The Morgan fingerprint density at radius 2 is 2.32 bits per heavy atom. The first-order valence-electron chi connectivity index (χ1n) is 6.62. The number of piperazine rings is 1. The molecule has 1 N–H and O–H groups in total. The number of hydrogen-bond donors (Lipinski definition) is 1. The normalized spacial score (nSPS) is 20.5. The Morgan fingerprint density at radius 1 is 1.53 bits per heavy atom. The van der Waals surface area contributed by atoms with Crippen molar-refractivity contribution >= 4 is 12.4 Å². The van der Waals surface area contributed by atoms with Crippen molar-refractivity contribution in [3.63, 3.8) is 0 Å². The zero-order chi connectivity index (χ0) is 13.0. The highest BCUT2D eigenvalue weighted by atomic mass is 35.5. The van der Waals surface area contributed by atoms with Crippen LogP contribution in [-0.2, 0) is 6.54 Å². The third-order valence-electron chi connectivity index (χ3n) is 3.30. The van der Waals surface area contributed by atoms with Crippen LogP contribution in [0.5, 0.6) is 0 Å². The van der Waals surface area contributed by atoms with Gasteiger partial charge >= 0.3 is 0 Å².